The quantitative estimate of drug-likeness (QED) is 0.635. The van der Waals surface area contributed by atoms with Gasteiger partial charge in [0.2, 0.25) is 0 Å². The van der Waals surface area contributed by atoms with Gasteiger partial charge < -0.3 is 5.11 Å². The van der Waals surface area contributed by atoms with Gasteiger partial charge in [-0.15, -0.1) is 12.3 Å². The molecule has 0 aromatic rings. The third kappa shape index (κ3) is 7.63. The van der Waals surface area contributed by atoms with Crippen LogP contribution in [0.15, 0.2) is 0 Å². The zero-order valence-corrected chi connectivity index (χ0v) is 7.38. The molecule has 1 N–H and O–H groups in total. The zero-order valence-electron chi connectivity index (χ0n) is 13.4. The summed E-state index contributed by atoms with van der Waals surface area (Å²) in [5.41, 5.74) is -2.62. The lowest BCUT2D eigenvalue weighted by Crippen LogP contribution is -2.18. The predicted molar refractivity (Wildman–Crippen MR) is 52.8 cm³/mol. The Morgan fingerprint density at radius 3 is 3.08 bits per heavy atom. The second-order valence-corrected chi connectivity index (χ2v) is 3.12. The molecule has 0 aliphatic heterocycles. The molecule has 3 unspecified atom stereocenters. The van der Waals surface area contributed by atoms with E-state index in [1.54, 1.807) is 0 Å². The maximum absolute atomic E-state index is 9.97. The summed E-state index contributed by atoms with van der Waals surface area (Å²) in [7, 11) is 0. The molecule has 0 aliphatic rings. The molecule has 0 fully saturated rings. The SMILES string of the molecule is [2H]C([2H])C(O)(C([2H])CCC(C)CC#C)C([2H])([2H])[2H]. The standard InChI is InChI=1S/C11H20O/c1-5-7-10(2)8-6-9-11(3,4)12/h1,10,12H,6-9H2,2-4H3/i3D2,4D3,9D. The maximum atomic E-state index is 9.97. The summed E-state index contributed by atoms with van der Waals surface area (Å²) in [5, 5.41) is 9.97. The summed E-state index contributed by atoms with van der Waals surface area (Å²) in [6.07, 6.45) is 4.86. The fourth-order valence-electron chi connectivity index (χ4n) is 0.891. The van der Waals surface area contributed by atoms with Gasteiger partial charge in [0, 0.05) is 14.6 Å². The van der Waals surface area contributed by atoms with Crippen LogP contribution in [0.5, 0.6) is 0 Å². The van der Waals surface area contributed by atoms with Crippen molar-refractivity contribution in [3.8, 4) is 12.3 Å². The summed E-state index contributed by atoms with van der Waals surface area (Å²) >= 11 is 0. The normalized spacial score (nSPS) is 29.2. The minimum atomic E-state index is -2.91. The molecule has 0 amide bonds. The van der Waals surface area contributed by atoms with Gasteiger partial charge in [-0.1, -0.05) is 13.3 Å². The Labute approximate surface area is 84.6 Å². The third-order valence-electron chi connectivity index (χ3n) is 1.58. The van der Waals surface area contributed by atoms with Crippen LogP contribution < -0.4 is 0 Å². The van der Waals surface area contributed by atoms with Crippen molar-refractivity contribution in [2.24, 2.45) is 5.92 Å². The first-order valence-corrected chi connectivity index (χ1v) is 4.00. The van der Waals surface area contributed by atoms with E-state index in [1.807, 2.05) is 6.92 Å². The van der Waals surface area contributed by atoms with Gasteiger partial charge in [-0.2, -0.15) is 0 Å². The van der Waals surface area contributed by atoms with Crippen molar-refractivity contribution in [1.82, 2.24) is 0 Å². The van der Waals surface area contributed by atoms with Crippen LogP contribution in [0, 0.1) is 18.3 Å². The monoisotopic (exact) mass is 174 g/mol. The predicted octanol–water partition coefficient (Wildman–Crippen LogP) is 2.59. The highest BCUT2D eigenvalue weighted by Crippen LogP contribution is 2.16. The molecule has 1 heteroatoms. The molecule has 0 saturated heterocycles. The van der Waals surface area contributed by atoms with Gasteiger partial charge in [0.1, 0.15) is 0 Å². The van der Waals surface area contributed by atoms with E-state index in [0.29, 0.717) is 12.8 Å². The topological polar surface area (TPSA) is 20.2 Å². The molecule has 12 heavy (non-hydrogen) atoms. The molecule has 70 valence electrons. The fraction of sp³-hybridized carbons (Fsp3) is 0.818. The smallest absolute Gasteiger partial charge is 0.0591 e. The molecule has 0 radical (unpaired) electrons. The highest BCUT2D eigenvalue weighted by Gasteiger charge is 2.12. The molecule has 0 aliphatic carbocycles. The Morgan fingerprint density at radius 2 is 2.58 bits per heavy atom. The fourth-order valence-corrected chi connectivity index (χ4v) is 0.891. The molecular formula is C11H20O. The van der Waals surface area contributed by atoms with Crippen LogP contribution in [-0.4, -0.2) is 10.7 Å². The highest BCUT2D eigenvalue weighted by molar-refractivity contribution is 4.85. The molecule has 0 aromatic heterocycles. The largest absolute Gasteiger partial charge is 0.390 e. The average Bonchev–Trinajstić information content (AvgIpc) is 2.23. The lowest BCUT2D eigenvalue weighted by atomic mass is 9.95. The van der Waals surface area contributed by atoms with Gasteiger partial charge in [0.15, 0.2) is 0 Å². The van der Waals surface area contributed by atoms with Crippen LogP contribution in [0.1, 0.15) is 54.5 Å². The van der Waals surface area contributed by atoms with Gasteiger partial charge in [-0.05, 0) is 32.5 Å². The van der Waals surface area contributed by atoms with Crippen LogP contribution in [0.25, 0.3) is 0 Å². The summed E-state index contributed by atoms with van der Waals surface area (Å²) in [6, 6.07) is 0. The van der Waals surface area contributed by atoms with E-state index in [4.69, 9.17) is 14.6 Å². The van der Waals surface area contributed by atoms with Crippen molar-refractivity contribution in [3.05, 3.63) is 0 Å². The van der Waals surface area contributed by atoms with E-state index in [0.717, 1.165) is 0 Å². The number of aliphatic hydroxyl groups is 1. The first-order valence-electron chi connectivity index (χ1n) is 7.23. The van der Waals surface area contributed by atoms with Crippen molar-refractivity contribution in [2.75, 3.05) is 0 Å². The molecule has 0 spiro atoms. The zero-order chi connectivity index (χ0) is 14.6. The van der Waals surface area contributed by atoms with Crippen molar-refractivity contribution in [2.45, 2.75) is 51.9 Å². The molecule has 1 nitrogen and oxygen atoms in total. The summed E-state index contributed by atoms with van der Waals surface area (Å²) in [4.78, 5) is 0. The minimum absolute atomic E-state index is 0.103. The van der Waals surface area contributed by atoms with Gasteiger partial charge >= 0.3 is 0 Å². The average molecular weight is 174 g/mol. The lowest BCUT2D eigenvalue weighted by Gasteiger charge is -2.17. The highest BCUT2D eigenvalue weighted by atomic mass is 16.3. The van der Waals surface area contributed by atoms with Gasteiger partial charge in [-0.25, -0.2) is 0 Å². The van der Waals surface area contributed by atoms with E-state index >= 15 is 0 Å². The van der Waals surface area contributed by atoms with Crippen molar-refractivity contribution < 1.29 is 13.3 Å². The Hall–Kier alpha value is -0.480. The molecule has 0 saturated carbocycles. The van der Waals surface area contributed by atoms with Crippen LogP contribution >= 0.6 is 0 Å². The van der Waals surface area contributed by atoms with Crippen LogP contribution in [-0.2, 0) is 0 Å². The molecule has 3 atom stereocenters. The van der Waals surface area contributed by atoms with Crippen LogP contribution in [0.3, 0.4) is 0 Å². The van der Waals surface area contributed by atoms with Gasteiger partial charge in [0.25, 0.3) is 0 Å². The van der Waals surface area contributed by atoms with E-state index in [2.05, 4.69) is 5.92 Å². The van der Waals surface area contributed by atoms with Crippen molar-refractivity contribution in [1.29, 1.82) is 0 Å². The summed E-state index contributed by atoms with van der Waals surface area (Å²) in [5.74, 6) is 2.60. The number of hydrogen-bond donors (Lipinski definition) is 1. The second-order valence-electron chi connectivity index (χ2n) is 3.12. The first-order chi connectivity index (χ1) is 8.07. The van der Waals surface area contributed by atoms with E-state index in [9.17, 15) is 5.11 Å². The van der Waals surface area contributed by atoms with Crippen LogP contribution in [0.2, 0.25) is 0 Å². The minimum Gasteiger partial charge on any atom is -0.390 e. The second kappa shape index (κ2) is 5.22. The number of terminal acetylenes is 1. The van der Waals surface area contributed by atoms with Gasteiger partial charge in [0.05, 0.1) is 5.60 Å². The van der Waals surface area contributed by atoms with Gasteiger partial charge in [-0.3, -0.25) is 0 Å². The van der Waals surface area contributed by atoms with Crippen LogP contribution in [0.4, 0.5) is 0 Å². The maximum Gasteiger partial charge on any atom is 0.0591 e. The summed E-state index contributed by atoms with van der Waals surface area (Å²) < 4.78 is 43.7. The Bertz CT molecular complexity index is 295. The Kier molecular flexibility index (Phi) is 2.03. The molecule has 0 aromatic carbocycles. The summed E-state index contributed by atoms with van der Waals surface area (Å²) in [6.45, 7) is -3.03. The van der Waals surface area contributed by atoms with Crippen molar-refractivity contribution in [3.63, 3.8) is 0 Å². The van der Waals surface area contributed by atoms with E-state index in [-0.39, 0.29) is 12.3 Å². The lowest BCUT2D eigenvalue weighted by molar-refractivity contribution is 0.0671. The molecule has 0 heterocycles. The van der Waals surface area contributed by atoms with E-state index in [1.165, 1.54) is 0 Å². The molecule has 0 rings (SSSR count). The molecule has 0 bridgehead atoms. The Morgan fingerprint density at radius 1 is 1.83 bits per heavy atom. The first kappa shape index (κ1) is 4.67. The van der Waals surface area contributed by atoms with E-state index < -0.39 is 25.7 Å². The number of hydrogen-bond acceptors (Lipinski definition) is 1. The Balaban J connectivity index is 4.71. The molecular weight excluding hydrogens is 148 g/mol. The van der Waals surface area contributed by atoms with Crippen molar-refractivity contribution >= 4 is 0 Å². The number of rotatable bonds is 5. The third-order valence-corrected chi connectivity index (χ3v) is 1.58.